The van der Waals surface area contributed by atoms with Crippen LogP contribution in [-0.4, -0.2) is 64.9 Å². The highest BCUT2D eigenvalue weighted by Crippen LogP contribution is 2.51. The number of benzene rings is 2. The van der Waals surface area contributed by atoms with Crippen LogP contribution in [0.5, 0.6) is 0 Å². The fourth-order valence-electron chi connectivity index (χ4n) is 5.55. The summed E-state index contributed by atoms with van der Waals surface area (Å²) in [4.78, 5) is 7.51. The van der Waals surface area contributed by atoms with Gasteiger partial charge in [-0.2, -0.15) is 0 Å². The van der Waals surface area contributed by atoms with Gasteiger partial charge in [0.15, 0.2) is 0 Å². The molecule has 0 atom stereocenters. The van der Waals surface area contributed by atoms with Crippen molar-refractivity contribution in [3.63, 3.8) is 0 Å². The number of rotatable bonds is 20. The Morgan fingerprint density at radius 2 is 1.20 bits per heavy atom. The molecule has 0 aromatic heterocycles. The molecule has 0 spiro atoms. The molecule has 2 aromatic carbocycles. The van der Waals surface area contributed by atoms with Crippen LogP contribution < -0.4 is 25.0 Å². The lowest BCUT2D eigenvalue weighted by Gasteiger charge is -2.43. The number of nitrogens with one attached hydrogen (secondary N) is 1. The van der Waals surface area contributed by atoms with E-state index in [1.54, 1.807) is 0 Å². The van der Waals surface area contributed by atoms with Crippen LogP contribution in [-0.2, 0) is 0 Å². The molecule has 0 saturated heterocycles. The van der Waals surface area contributed by atoms with Crippen LogP contribution >= 0.6 is 0 Å². The smallest absolute Gasteiger partial charge is 0.0883 e. The molecule has 0 aliphatic heterocycles. The van der Waals surface area contributed by atoms with E-state index in [2.05, 4.69) is 129 Å². The molecule has 6 heteroatoms. The maximum Gasteiger partial charge on any atom is 0.0883 e. The number of nitrogens with zero attached hydrogens (tertiary/aromatic N) is 5. The Bertz CT molecular complexity index is 943. The molecule has 0 unspecified atom stereocenters. The second kappa shape index (κ2) is 18.0. The van der Waals surface area contributed by atoms with Crippen molar-refractivity contribution in [3.05, 3.63) is 36.4 Å². The number of hydrazine groups is 1. The summed E-state index contributed by atoms with van der Waals surface area (Å²) in [5, 5.41) is 9.00. The van der Waals surface area contributed by atoms with Gasteiger partial charge < -0.3 is 20.0 Å². The van der Waals surface area contributed by atoms with Crippen molar-refractivity contribution in [1.29, 1.82) is 0 Å². The normalized spacial score (nSPS) is 11.2. The highest BCUT2D eigenvalue weighted by Gasteiger charge is 2.31. The van der Waals surface area contributed by atoms with Gasteiger partial charge in [0.2, 0.25) is 0 Å². The first-order valence-corrected chi connectivity index (χ1v) is 16.2. The first-order valence-electron chi connectivity index (χ1n) is 16.2. The summed E-state index contributed by atoms with van der Waals surface area (Å²) >= 11 is 0. The zero-order valence-electron chi connectivity index (χ0n) is 27.4. The van der Waals surface area contributed by atoms with E-state index in [0.29, 0.717) is 0 Å². The molecular formula is C34H60N6. The van der Waals surface area contributed by atoms with E-state index < -0.39 is 0 Å². The van der Waals surface area contributed by atoms with Gasteiger partial charge in [0.05, 0.1) is 34.1 Å². The van der Waals surface area contributed by atoms with Gasteiger partial charge in [-0.1, -0.05) is 58.7 Å². The third kappa shape index (κ3) is 8.45. The number of unbranched alkanes of at least 4 members (excludes halogenated alkanes) is 2. The minimum absolute atomic E-state index is 0.886. The molecule has 0 radical (unpaired) electrons. The first-order chi connectivity index (χ1) is 19.4. The summed E-state index contributed by atoms with van der Waals surface area (Å²) in [6.45, 7) is 23.0. The molecule has 0 fully saturated rings. The molecule has 0 saturated carbocycles. The minimum atomic E-state index is 0.886. The zero-order chi connectivity index (χ0) is 29.5. The van der Waals surface area contributed by atoms with Gasteiger partial charge in [0, 0.05) is 59.9 Å². The molecule has 6 nitrogen and oxygen atoms in total. The molecule has 0 amide bonds. The molecule has 2 rings (SSSR count). The van der Waals surface area contributed by atoms with Gasteiger partial charge >= 0.3 is 0 Å². The van der Waals surface area contributed by atoms with Crippen molar-refractivity contribution in [2.45, 2.75) is 87.0 Å². The molecule has 226 valence electrons. The summed E-state index contributed by atoms with van der Waals surface area (Å²) in [7, 11) is 4.36. The Morgan fingerprint density at radius 1 is 0.625 bits per heavy atom. The maximum atomic E-state index is 3.82. The topological polar surface area (TPSA) is 28.2 Å². The number of hydrogen-bond acceptors (Lipinski definition) is 6. The number of anilines is 6. The Balaban J connectivity index is 3.12. The van der Waals surface area contributed by atoms with Gasteiger partial charge in [-0.05, 0) is 64.7 Å². The van der Waals surface area contributed by atoms with Crippen molar-refractivity contribution in [1.82, 2.24) is 5.01 Å². The predicted molar refractivity (Wildman–Crippen MR) is 181 cm³/mol. The molecular weight excluding hydrogens is 492 g/mol. The van der Waals surface area contributed by atoms with Crippen molar-refractivity contribution < 1.29 is 0 Å². The van der Waals surface area contributed by atoms with Crippen LogP contribution in [0, 0.1) is 0 Å². The van der Waals surface area contributed by atoms with Crippen molar-refractivity contribution in [2.75, 3.05) is 84.9 Å². The Morgan fingerprint density at radius 3 is 1.65 bits per heavy atom. The molecule has 1 N–H and O–H groups in total. The summed E-state index contributed by atoms with van der Waals surface area (Å²) in [6.07, 6.45) is 6.95. The number of para-hydroxylation sites is 1. The molecule has 0 bridgehead atoms. The van der Waals surface area contributed by atoms with Gasteiger partial charge in [-0.3, -0.25) is 5.01 Å². The van der Waals surface area contributed by atoms with Crippen molar-refractivity contribution in [2.24, 2.45) is 0 Å². The van der Waals surface area contributed by atoms with Crippen LogP contribution in [0.2, 0.25) is 0 Å². The summed E-state index contributed by atoms with van der Waals surface area (Å²) < 4.78 is 0. The van der Waals surface area contributed by atoms with Crippen LogP contribution in [0.3, 0.4) is 0 Å². The Kier molecular flexibility index (Phi) is 15.1. The standard InChI is InChI=1S/C34H60N6/c1-10-17-26-39(27-18-11-2)40(29-22-20-19-21-23-29)31-28-30(36(8)9)32(35-14-5)34(37(15-6)16-7)33(31)38(24-12-3)25-13-4/h19-23,28,35H,10-18,24-27H2,1-9H3. The first kappa shape index (κ1) is 33.6. The van der Waals surface area contributed by atoms with E-state index in [1.165, 1.54) is 59.8 Å². The second-order valence-electron chi connectivity index (χ2n) is 10.9. The van der Waals surface area contributed by atoms with Crippen molar-refractivity contribution >= 4 is 34.1 Å². The van der Waals surface area contributed by atoms with Crippen LogP contribution in [0.1, 0.15) is 87.0 Å². The lowest BCUT2D eigenvalue weighted by molar-refractivity contribution is 0.269. The van der Waals surface area contributed by atoms with Crippen LogP contribution in [0.4, 0.5) is 34.1 Å². The van der Waals surface area contributed by atoms with Crippen molar-refractivity contribution in [3.8, 4) is 0 Å². The maximum absolute atomic E-state index is 3.82. The summed E-state index contributed by atoms with van der Waals surface area (Å²) in [5.41, 5.74) is 7.69. The van der Waals surface area contributed by atoms with Gasteiger partial charge in [0.1, 0.15) is 0 Å². The van der Waals surface area contributed by atoms with E-state index in [9.17, 15) is 0 Å². The van der Waals surface area contributed by atoms with Gasteiger partial charge in [-0.15, -0.1) is 0 Å². The van der Waals surface area contributed by atoms with E-state index in [0.717, 1.165) is 58.7 Å². The Labute approximate surface area is 247 Å². The largest absolute Gasteiger partial charge is 0.382 e. The lowest BCUT2D eigenvalue weighted by Crippen LogP contribution is -2.42. The average Bonchev–Trinajstić information content (AvgIpc) is 2.96. The lowest BCUT2D eigenvalue weighted by atomic mass is 10.1. The van der Waals surface area contributed by atoms with E-state index in [1.807, 2.05) is 0 Å². The third-order valence-electron chi connectivity index (χ3n) is 7.50. The highest BCUT2D eigenvalue weighted by atomic mass is 15.6. The number of hydrogen-bond donors (Lipinski definition) is 1. The van der Waals surface area contributed by atoms with E-state index in [-0.39, 0.29) is 0 Å². The fourth-order valence-corrected chi connectivity index (χ4v) is 5.55. The van der Waals surface area contributed by atoms with Crippen LogP contribution in [0.15, 0.2) is 36.4 Å². The second-order valence-corrected chi connectivity index (χ2v) is 10.9. The predicted octanol–water partition coefficient (Wildman–Crippen LogP) is 8.61. The molecule has 40 heavy (non-hydrogen) atoms. The molecule has 0 heterocycles. The molecule has 0 aliphatic rings. The third-order valence-corrected chi connectivity index (χ3v) is 7.50. The quantitative estimate of drug-likeness (QED) is 0.165. The monoisotopic (exact) mass is 552 g/mol. The van der Waals surface area contributed by atoms with Crippen LogP contribution in [0.25, 0.3) is 0 Å². The van der Waals surface area contributed by atoms with E-state index >= 15 is 0 Å². The summed E-state index contributed by atoms with van der Waals surface area (Å²) in [5.74, 6) is 0. The van der Waals surface area contributed by atoms with E-state index in [4.69, 9.17) is 0 Å². The molecule has 0 aliphatic carbocycles. The average molecular weight is 553 g/mol. The SMILES string of the molecule is CCCCN(CCCC)N(c1ccccc1)c1cc(N(C)C)c(NCC)c(N(CC)CC)c1N(CCC)CCC. The van der Waals surface area contributed by atoms with Gasteiger partial charge in [0.25, 0.3) is 0 Å². The fraction of sp³-hybridized carbons (Fsp3) is 0.647. The van der Waals surface area contributed by atoms with Gasteiger partial charge in [-0.25, -0.2) is 5.01 Å². The minimum Gasteiger partial charge on any atom is -0.382 e. The highest BCUT2D eigenvalue weighted by molar-refractivity contribution is 6.01. The zero-order valence-corrected chi connectivity index (χ0v) is 27.4. The Hall–Kier alpha value is -2.60. The summed E-state index contributed by atoms with van der Waals surface area (Å²) in [6, 6.07) is 13.5. The molecule has 2 aromatic rings.